The first-order chi connectivity index (χ1) is 15.2. The van der Waals surface area contributed by atoms with Gasteiger partial charge in [-0.3, -0.25) is 9.63 Å². The average Bonchev–Trinajstić information content (AvgIpc) is 3.42. The van der Waals surface area contributed by atoms with Gasteiger partial charge >= 0.3 is 0 Å². The Hall–Kier alpha value is -3.31. The Morgan fingerprint density at radius 2 is 2.19 bits per heavy atom. The smallest absolute Gasteiger partial charge is 0.257 e. The number of hydroxylamine groups is 1. The van der Waals surface area contributed by atoms with Crippen molar-refractivity contribution >= 4 is 17.4 Å². The average molecular weight is 425 g/mol. The highest BCUT2D eigenvalue weighted by atomic mass is 19.1. The minimum atomic E-state index is -0.452. The van der Waals surface area contributed by atoms with E-state index < -0.39 is 5.82 Å². The van der Waals surface area contributed by atoms with E-state index >= 15 is 0 Å². The fraction of sp³-hybridized carbons (Fsp3) is 0.400. The van der Waals surface area contributed by atoms with Crippen molar-refractivity contribution in [3.05, 3.63) is 47.7 Å². The van der Waals surface area contributed by atoms with E-state index in [9.17, 15) is 9.18 Å². The van der Waals surface area contributed by atoms with Crippen LogP contribution in [-0.4, -0.2) is 57.3 Å². The van der Waals surface area contributed by atoms with Crippen molar-refractivity contribution in [3.63, 3.8) is 0 Å². The van der Waals surface area contributed by atoms with Crippen LogP contribution in [0.5, 0.6) is 5.88 Å². The number of nitrogens with one attached hydrogen (secondary N) is 2. The number of carbonyl (C=O) groups is 1. The first kappa shape index (κ1) is 18.5. The van der Waals surface area contributed by atoms with E-state index in [2.05, 4.69) is 25.7 Å². The summed E-state index contributed by atoms with van der Waals surface area (Å²) in [7, 11) is 0. The quantitative estimate of drug-likeness (QED) is 0.550. The number of piperidine rings is 1. The molecule has 3 aromatic heterocycles. The number of pyridine rings is 1. The zero-order valence-corrected chi connectivity index (χ0v) is 16.5. The molecule has 2 saturated heterocycles. The Labute approximate surface area is 176 Å². The molecule has 0 radical (unpaired) electrons. The number of nitrogens with zero attached hydrogens (tertiary/aromatic N) is 5. The van der Waals surface area contributed by atoms with Gasteiger partial charge in [-0.05, 0) is 19.0 Å². The molecule has 0 aliphatic carbocycles. The number of rotatable bonds is 0. The van der Waals surface area contributed by atoms with Gasteiger partial charge < -0.3 is 15.4 Å². The van der Waals surface area contributed by atoms with Crippen LogP contribution in [0.4, 0.5) is 10.2 Å². The van der Waals surface area contributed by atoms with E-state index in [1.54, 1.807) is 21.8 Å². The molecule has 0 aromatic carbocycles. The van der Waals surface area contributed by atoms with Crippen LogP contribution in [0.25, 0.3) is 5.65 Å². The van der Waals surface area contributed by atoms with Crippen molar-refractivity contribution in [2.24, 2.45) is 0 Å². The van der Waals surface area contributed by atoms with Crippen molar-refractivity contribution < 1.29 is 18.8 Å². The van der Waals surface area contributed by atoms with E-state index in [4.69, 9.17) is 9.57 Å². The van der Waals surface area contributed by atoms with Gasteiger partial charge in [-0.25, -0.2) is 23.9 Å². The van der Waals surface area contributed by atoms with Gasteiger partial charge in [0.25, 0.3) is 5.91 Å². The third-order valence-electron chi connectivity index (χ3n) is 5.94. The lowest BCUT2D eigenvalue weighted by molar-refractivity contribution is 0.0813. The Balaban J connectivity index is 1.54. The van der Waals surface area contributed by atoms with Crippen molar-refractivity contribution in [2.45, 2.75) is 31.0 Å². The van der Waals surface area contributed by atoms with Crippen molar-refractivity contribution in [1.82, 2.24) is 30.2 Å². The first-order valence-corrected chi connectivity index (χ1v) is 10.3. The fourth-order valence-electron chi connectivity index (χ4n) is 4.41. The third-order valence-corrected chi connectivity index (χ3v) is 5.94. The van der Waals surface area contributed by atoms with Crippen LogP contribution >= 0.6 is 0 Å². The number of hydrogen-bond acceptors (Lipinski definition) is 8. The maximum Gasteiger partial charge on any atom is 0.257 e. The Morgan fingerprint density at radius 1 is 1.26 bits per heavy atom. The third kappa shape index (κ3) is 3.08. The van der Waals surface area contributed by atoms with E-state index in [1.165, 1.54) is 12.3 Å². The van der Waals surface area contributed by atoms with Gasteiger partial charge in [0.2, 0.25) is 5.88 Å². The standard InChI is InChI=1S/C20H20FN7O3/c21-11-7-12-15-3-6-30-28(15)17-2-5-27-18(26-17)13(9-24-27)19(29)25-14-1-4-22-10-16(14)31-20(12)23-8-11/h2,5,7-9,14-16,22H,1,3-4,6,10H2,(H,25,29)/t14-,15?,16?/m1/s1. The highest BCUT2D eigenvalue weighted by Crippen LogP contribution is 2.38. The Kier molecular flexibility index (Phi) is 4.25. The molecule has 10 nitrogen and oxygen atoms in total. The second-order valence-corrected chi connectivity index (χ2v) is 7.85. The summed E-state index contributed by atoms with van der Waals surface area (Å²) in [5, 5.41) is 12.2. The van der Waals surface area contributed by atoms with E-state index in [1.807, 2.05) is 0 Å². The number of anilines is 1. The molecular weight excluding hydrogens is 405 g/mol. The Bertz CT molecular complexity index is 1170. The summed E-state index contributed by atoms with van der Waals surface area (Å²) >= 11 is 0. The van der Waals surface area contributed by atoms with E-state index in [-0.39, 0.29) is 24.1 Å². The van der Waals surface area contributed by atoms with E-state index in [0.29, 0.717) is 54.5 Å². The Morgan fingerprint density at radius 3 is 3.13 bits per heavy atom. The maximum absolute atomic E-state index is 14.2. The van der Waals surface area contributed by atoms with Gasteiger partial charge in [0.05, 0.1) is 31.1 Å². The molecule has 2 unspecified atom stereocenters. The molecule has 160 valence electrons. The molecule has 0 spiro atoms. The van der Waals surface area contributed by atoms with Crippen LogP contribution in [0.3, 0.4) is 0 Å². The molecule has 6 heterocycles. The molecule has 2 fully saturated rings. The highest BCUT2D eigenvalue weighted by Gasteiger charge is 2.36. The van der Waals surface area contributed by atoms with Crippen molar-refractivity contribution in [1.29, 1.82) is 0 Å². The molecular formula is C20H20FN7O3. The van der Waals surface area contributed by atoms with Gasteiger partial charge in [0.15, 0.2) is 11.5 Å². The minimum absolute atomic E-state index is 0.247. The first-order valence-electron chi connectivity index (χ1n) is 10.3. The molecule has 2 bridgehead atoms. The highest BCUT2D eigenvalue weighted by molar-refractivity contribution is 6.00. The number of fused-ring (bicyclic) bond motifs is 6. The SMILES string of the molecule is O=C1N[C@@H]2CCNCC2Oc2ncc(F)cc2C2CCON2c2ccn3ncc1c3n2. The van der Waals surface area contributed by atoms with Gasteiger partial charge in [-0.2, -0.15) is 5.10 Å². The number of halogens is 1. The van der Waals surface area contributed by atoms with Crippen LogP contribution in [0.1, 0.15) is 34.8 Å². The lowest BCUT2D eigenvalue weighted by Crippen LogP contribution is -2.55. The number of ether oxygens (including phenoxy) is 1. The maximum atomic E-state index is 14.2. The lowest BCUT2D eigenvalue weighted by atomic mass is 10.0. The molecule has 6 rings (SSSR count). The van der Waals surface area contributed by atoms with Gasteiger partial charge in [-0.15, -0.1) is 0 Å². The minimum Gasteiger partial charge on any atom is -0.471 e. The van der Waals surface area contributed by atoms with Crippen LogP contribution in [0, 0.1) is 5.82 Å². The largest absolute Gasteiger partial charge is 0.471 e. The van der Waals surface area contributed by atoms with Crippen LogP contribution in [0.2, 0.25) is 0 Å². The fourth-order valence-corrected chi connectivity index (χ4v) is 4.41. The monoisotopic (exact) mass is 425 g/mol. The summed E-state index contributed by atoms with van der Waals surface area (Å²) in [5.74, 6) is 0.105. The molecule has 11 heteroatoms. The molecule has 3 atom stereocenters. The number of carbonyl (C=O) groups excluding carboxylic acids is 1. The normalized spacial score (nSPS) is 25.5. The van der Waals surface area contributed by atoms with Crippen LogP contribution in [0.15, 0.2) is 30.7 Å². The van der Waals surface area contributed by atoms with Crippen molar-refractivity contribution in [3.8, 4) is 5.88 Å². The second kappa shape index (κ2) is 7.13. The summed E-state index contributed by atoms with van der Waals surface area (Å²) < 4.78 is 22.0. The summed E-state index contributed by atoms with van der Waals surface area (Å²) in [6.07, 6.45) is 5.30. The molecule has 3 aliphatic rings. The van der Waals surface area contributed by atoms with Crippen LogP contribution in [-0.2, 0) is 4.84 Å². The molecule has 3 aliphatic heterocycles. The predicted molar refractivity (Wildman–Crippen MR) is 106 cm³/mol. The van der Waals surface area contributed by atoms with Crippen LogP contribution < -0.4 is 20.4 Å². The zero-order chi connectivity index (χ0) is 20.9. The summed E-state index contributed by atoms with van der Waals surface area (Å²) in [5.41, 5.74) is 1.38. The number of aromatic nitrogens is 4. The van der Waals surface area contributed by atoms with Gasteiger partial charge in [0, 0.05) is 30.8 Å². The predicted octanol–water partition coefficient (Wildman–Crippen LogP) is 0.999. The number of amides is 1. The van der Waals surface area contributed by atoms with E-state index in [0.717, 1.165) is 12.7 Å². The lowest BCUT2D eigenvalue weighted by Gasteiger charge is -2.33. The van der Waals surface area contributed by atoms with Gasteiger partial charge in [0.1, 0.15) is 17.5 Å². The summed E-state index contributed by atoms with van der Waals surface area (Å²) in [6.45, 7) is 1.72. The topological polar surface area (TPSA) is 106 Å². The van der Waals surface area contributed by atoms with Gasteiger partial charge in [-0.1, -0.05) is 0 Å². The summed E-state index contributed by atoms with van der Waals surface area (Å²) in [4.78, 5) is 27.8. The number of hydrogen-bond donors (Lipinski definition) is 2. The summed E-state index contributed by atoms with van der Waals surface area (Å²) in [6, 6.07) is 2.60. The zero-order valence-electron chi connectivity index (χ0n) is 16.5. The van der Waals surface area contributed by atoms with Crippen molar-refractivity contribution in [2.75, 3.05) is 24.8 Å². The molecule has 2 N–H and O–H groups in total. The molecule has 0 saturated carbocycles. The molecule has 3 aromatic rings. The molecule has 1 amide bonds. The molecule has 31 heavy (non-hydrogen) atoms. The second-order valence-electron chi connectivity index (χ2n) is 7.85.